The number of hydrogen-bond acceptors (Lipinski definition) is 4. The lowest BCUT2D eigenvalue weighted by atomic mass is 10.4. The molecule has 2 rings (SSSR count). The maximum absolute atomic E-state index is 4.13. The van der Waals surface area contributed by atoms with E-state index in [2.05, 4.69) is 27.0 Å². The third-order valence-electron chi connectivity index (χ3n) is 1.94. The Bertz CT molecular complexity index is 459. The van der Waals surface area contributed by atoms with Crippen LogP contribution in [0.25, 0.3) is 11.0 Å². The Kier molecular flexibility index (Phi) is 2.14. The Morgan fingerprint density at radius 3 is 3.21 bits per heavy atom. The quantitative estimate of drug-likeness (QED) is 0.731. The molecule has 0 aromatic carbocycles. The zero-order valence-electron chi connectivity index (χ0n) is 7.94. The number of hydrogen-bond donors (Lipinski definition) is 1. The Hall–Kier alpha value is -1.91. The normalized spacial score (nSPS) is 10.4. The van der Waals surface area contributed by atoms with Crippen LogP contribution in [0.3, 0.4) is 0 Å². The molecule has 0 unspecified atom stereocenters. The molecule has 72 valence electrons. The van der Waals surface area contributed by atoms with Gasteiger partial charge in [0, 0.05) is 13.6 Å². The van der Waals surface area contributed by atoms with Crippen LogP contribution in [0.5, 0.6) is 0 Å². The summed E-state index contributed by atoms with van der Waals surface area (Å²) in [6.45, 7) is 4.32. The van der Waals surface area contributed by atoms with Crippen LogP contribution in [0.15, 0.2) is 25.2 Å². The molecule has 0 fully saturated rings. The first-order valence-corrected chi connectivity index (χ1v) is 4.30. The van der Waals surface area contributed by atoms with Crippen molar-refractivity contribution in [1.29, 1.82) is 0 Å². The van der Waals surface area contributed by atoms with Crippen molar-refractivity contribution in [2.75, 3.05) is 11.9 Å². The average molecular weight is 189 g/mol. The first-order chi connectivity index (χ1) is 6.83. The molecule has 2 aromatic rings. The van der Waals surface area contributed by atoms with E-state index in [0.717, 1.165) is 16.9 Å². The highest BCUT2D eigenvalue weighted by Gasteiger charge is 2.05. The van der Waals surface area contributed by atoms with Crippen molar-refractivity contribution in [3.05, 3.63) is 25.2 Å². The number of rotatable bonds is 3. The Balaban J connectivity index is 2.48. The molecular weight excluding hydrogens is 178 g/mol. The molecule has 0 saturated heterocycles. The highest BCUT2D eigenvalue weighted by atomic mass is 15.3. The van der Waals surface area contributed by atoms with Gasteiger partial charge in [-0.3, -0.25) is 4.68 Å². The second kappa shape index (κ2) is 3.45. The largest absolute Gasteiger partial charge is 0.366 e. The highest BCUT2D eigenvalue weighted by molar-refractivity contribution is 5.85. The summed E-state index contributed by atoms with van der Waals surface area (Å²) in [4.78, 5) is 8.27. The zero-order chi connectivity index (χ0) is 9.97. The third kappa shape index (κ3) is 1.32. The van der Waals surface area contributed by atoms with Crippen molar-refractivity contribution in [2.45, 2.75) is 0 Å². The van der Waals surface area contributed by atoms with E-state index < -0.39 is 0 Å². The zero-order valence-corrected chi connectivity index (χ0v) is 7.94. The summed E-state index contributed by atoms with van der Waals surface area (Å²) in [5.74, 6) is 0.794. The van der Waals surface area contributed by atoms with Crippen LogP contribution in [0.4, 0.5) is 5.82 Å². The minimum atomic E-state index is 0.682. The van der Waals surface area contributed by atoms with Crippen molar-refractivity contribution in [3.63, 3.8) is 0 Å². The molecule has 1 N–H and O–H groups in total. The molecule has 5 nitrogen and oxygen atoms in total. The number of fused-ring (bicyclic) bond motifs is 1. The second-order valence-corrected chi connectivity index (χ2v) is 2.90. The minimum absolute atomic E-state index is 0.682. The van der Waals surface area contributed by atoms with Gasteiger partial charge in [0.1, 0.15) is 12.1 Å². The van der Waals surface area contributed by atoms with Gasteiger partial charge in [0.2, 0.25) is 0 Å². The van der Waals surface area contributed by atoms with Gasteiger partial charge < -0.3 is 5.32 Å². The van der Waals surface area contributed by atoms with Gasteiger partial charge in [0.05, 0.1) is 11.6 Å². The average Bonchev–Trinajstić information content (AvgIpc) is 2.58. The van der Waals surface area contributed by atoms with Crippen LogP contribution in [-0.4, -0.2) is 26.3 Å². The molecule has 0 bridgehead atoms. The number of nitrogens with zero attached hydrogens (tertiary/aromatic N) is 4. The predicted octanol–water partition coefficient (Wildman–Crippen LogP) is 0.961. The first-order valence-electron chi connectivity index (χ1n) is 4.30. The predicted molar refractivity (Wildman–Crippen MR) is 55.0 cm³/mol. The monoisotopic (exact) mass is 189 g/mol. The van der Waals surface area contributed by atoms with Gasteiger partial charge in [0.15, 0.2) is 5.65 Å². The van der Waals surface area contributed by atoms with E-state index in [1.165, 1.54) is 6.33 Å². The number of nitrogens with one attached hydrogen (secondary N) is 1. The lowest BCUT2D eigenvalue weighted by molar-refractivity contribution is 0.785. The summed E-state index contributed by atoms with van der Waals surface area (Å²) in [5, 5.41) is 8.17. The van der Waals surface area contributed by atoms with E-state index in [9.17, 15) is 0 Å². The van der Waals surface area contributed by atoms with Gasteiger partial charge >= 0.3 is 0 Å². The molecule has 0 amide bonds. The molecule has 0 atom stereocenters. The standard InChI is InChI=1S/C9H11N5/c1-3-4-10-8-7-5-13-14(2)9(7)12-6-11-8/h3,5-6H,1,4H2,2H3,(H,10,11,12). The summed E-state index contributed by atoms with van der Waals surface area (Å²) in [6, 6.07) is 0. The van der Waals surface area contributed by atoms with Crippen LogP contribution in [-0.2, 0) is 7.05 Å². The lowest BCUT2D eigenvalue weighted by Crippen LogP contribution is -2.01. The van der Waals surface area contributed by atoms with Crippen LogP contribution in [0, 0.1) is 0 Å². The molecule has 2 heterocycles. The summed E-state index contributed by atoms with van der Waals surface area (Å²) in [5.41, 5.74) is 0.826. The number of aromatic nitrogens is 4. The topological polar surface area (TPSA) is 55.6 Å². The smallest absolute Gasteiger partial charge is 0.163 e. The molecule has 0 aliphatic heterocycles. The van der Waals surface area contributed by atoms with Crippen LogP contribution < -0.4 is 5.32 Å². The van der Waals surface area contributed by atoms with E-state index in [-0.39, 0.29) is 0 Å². The summed E-state index contributed by atoms with van der Waals surface area (Å²) < 4.78 is 1.72. The summed E-state index contributed by atoms with van der Waals surface area (Å²) in [7, 11) is 1.85. The Labute approximate surface area is 81.5 Å². The van der Waals surface area contributed by atoms with Gasteiger partial charge in [0.25, 0.3) is 0 Å². The third-order valence-corrected chi connectivity index (χ3v) is 1.94. The van der Waals surface area contributed by atoms with Crippen molar-refractivity contribution in [3.8, 4) is 0 Å². The fraction of sp³-hybridized carbons (Fsp3) is 0.222. The Morgan fingerprint density at radius 2 is 2.43 bits per heavy atom. The molecule has 0 radical (unpaired) electrons. The van der Waals surface area contributed by atoms with E-state index in [0.29, 0.717) is 6.54 Å². The van der Waals surface area contributed by atoms with E-state index in [1.807, 2.05) is 7.05 Å². The van der Waals surface area contributed by atoms with E-state index in [4.69, 9.17) is 0 Å². The maximum Gasteiger partial charge on any atom is 0.163 e. The fourth-order valence-corrected chi connectivity index (χ4v) is 1.27. The van der Waals surface area contributed by atoms with Crippen molar-refractivity contribution < 1.29 is 0 Å². The van der Waals surface area contributed by atoms with E-state index >= 15 is 0 Å². The van der Waals surface area contributed by atoms with Crippen molar-refractivity contribution in [1.82, 2.24) is 19.7 Å². The van der Waals surface area contributed by atoms with Crippen LogP contribution in [0.2, 0.25) is 0 Å². The molecular formula is C9H11N5. The second-order valence-electron chi connectivity index (χ2n) is 2.90. The van der Waals surface area contributed by atoms with Crippen LogP contribution >= 0.6 is 0 Å². The van der Waals surface area contributed by atoms with Gasteiger partial charge in [-0.05, 0) is 0 Å². The molecule has 2 aromatic heterocycles. The number of aryl methyl sites for hydroxylation is 1. The maximum atomic E-state index is 4.13. The Morgan fingerprint density at radius 1 is 1.57 bits per heavy atom. The van der Waals surface area contributed by atoms with Gasteiger partial charge in [-0.2, -0.15) is 5.10 Å². The molecule has 5 heteroatoms. The fourth-order valence-electron chi connectivity index (χ4n) is 1.27. The molecule has 0 aliphatic carbocycles. The highest BCUT2D eigenvalue weighted by Crippen LogP contribution is 2.16. The van der Waals surface area contributed by atoms with E-state index in [1.54, 1.807) is 17.0 Å². The van der Waals surface area contributed by atoms with Crippen LogP contribution in [0.1, 0.15) is 0 Å². The molecule has 14 heavy (non-hydrogen) atoms. The summed E-state index contributed by atoms with van der Waals surface area (Å²) >= 11 is 0. The SMILES string of the molecule is C=CCNc1ncnc2c1cnn2C. The first kappa shape index (κ1) is 8.68. The molecule has 0 aliphatic rings. The van der Waals surface area contributed by atoms with Crippen molar-refractivity contribution in [2.24, 2.45) is 7.05 Å². The minimum Gasteiger partial charge on any atom is -0.366 e. The lowest BCUT2D eigenvalue weighted by Gasteiger charge is -2.02. The van der Waals surface area contributed by atoms with Gasteiger partial charge in [-0.15, -0.1) is 6.58 Å². The summed E-state index contributed by atoms with van der Waals surface area (Å²) in [6.07, 6.45) is 5.06. The van der Waals surface area contributed by atoms with Crippen molar-refractivity contribution >= 4 is 16.9 Å². The molecule has 0 spiro atoms. The number of anilines is 1. The van der Waals surface area contributed by atoms with Gasteiger partial charge in [-0.1, -0.05) is 6.08 Å². The molecule has 0 saturated carbocycles. The van der Waals surface area contributed by atoms with Gasteiger partial charge in [-0.25, -0.2) is 9.97 Å².